The van der Waals surface area contributed by atoms with Gasteiger partial charge in [-0.3, -0.25) is 4.79 Å². The number of hydrogen-bond acceptors (Lipinski definition) is 1. The molecule has 0 aliphatic rings. The topological polar surface area (TPSA) is 22.0 Å². The van der Waals surface area contributed by atoms with Crippen molar-refractivity contribution in [3.63, 3.8) is 0 Å². The molecule has 0 aliphatic heterocycles. The van der Waals surface area contributed by atoms with Crippen LogP contribution < -0.4 is 5.56 Å². The molecule has 13 heavy (non-hydrogen) atoms. The number of nitrogens with zero attached hydrogens (tertiary/aromatic N) is 1. The summed E-state index contributed by atoms with van der Waals surface area (Å²) in [6.07, 6.45) is 1.90. The van der Waals surface area contributed by atoms with Gasteiger partial charge in [0.1, 0.15) is 0 Å². The van der Waals surface area contributed by atoms with Crippen molar-refractivity contribution in [1.82, 2.24) is 4.57 Å². The lowest BCUT2D eigenvalue weighted by atomic mass is 10.5. The number of pyridine rings is 1. The summed E-state index contributed by atoms with van der Waals surface area (Å²) in [5.41, 5.74) is -0.135. The summed E-state index contributed by atoms with van der Waals surface area (Å²) in [6.45, 7) is -0.550. The molecule has 0 unspecified atom stereocenters. The third-order valence-corrected chi connectivity index (χ3v) is 3.23. The van der Waals surface area contributed by atoms with E-state index in [2.05, 4.69) is 0 Å². The van der Waals surface area contributed by atoms with E-state index in [1.54, 1.807) is 18.8 Å². The van der Waals surface area contributed by atoms with E-state index in [9.17, 15) is 4.79 Å². The van der Waals surface area contributed by atoms with Crippen molar-refractivity contribution in [3.8, 4) is 0 Å². The molecule has 0 atom stereocenters. The Kier molecular flexibility index (Phi) is 3.46. The maximum atomic E-state index is 11.3. The quantitative estimate of drug-likeness (QED) is 0.589. The molecule has 0 fully saturated rings. The van der Waals surface area contributed by atoms with E-state index in [1.165, 1.54) is 10.6 Å². The molecule has 0 N–H and O–H groups in total. The lowest BCUT2D eigenvalue weighted by Crippen LogP contribution is -2.30. The van der Waals surface area contributed by atoms with Crippen molar-refractivity contribution >= 4 is 40.5 Å². The van der Waals surface area contributed by atoms with Crippen molar-refractivity contribution in [2.45, 2.75) is 12.7 Å². The predicted molar refractivity (Wildman–Crippen MR) is 59.0 cm³/mol. The fraction of sp³-hybridized carbons (Fsp3) is 0.286. The average Bonchev–Trinajstić information content (AvgIpc) is 1.94. The first kappa shape index (κ1) is 11.1. The Balaban J connectivity index is 3.01. The molecule has 0 amide bonds. The summed E-state index contributed by atoms with van der Waals surface area (Å²) in [7, 11) is 0. The molecule has 1 aromatic rings. The summed E-state index contributed by atoms with van der Waals surface area (Å²) in [5.74, 6) is 0. The maximum absolute atomic E-state index is 11.3. The van der Waals surface area contributed by atoms with Crippen LogP contribution in [-0.2, 0) is 6.17 Å². The Bertz CT molecular complexity index is 357. The van der Waals surface area contributed by atoms with Gasteiger partial charge in [-0.15, -0.1) is 22.2 Å². The standard InChI is InChI=1S/C7H8Cl3NOSi/c1-13(9,10)5-11-4-6(8)2-3-7(11)12/h2-4H,5H2,1H3. The zero-order valence-electron chi connectivity index (χ0n) is 6.93. The van der Waals surface area contributed by atoms with Gasteiger partial charge in [0.2, 0.25) is 5.56 Å². The zero-order chi connectivity index (χ0) is 10.1. The summed E-state index contributed by atoms with van der Waals surface area (Å²) in [4.78, 5) is 11.3. The first-order valence-electron chi connectivity index (χ1n) is 3.62. The molecule has 1 rings (SSSR count). The second-order valence-electron chi connectivity index (χ2n) is 2.88. The van der Waals surface area contributed by atoms with Gasteiger partial charge in [-0.25, -0.2) is 0 Å². The first-order chi connectivity index (χ1) is 5.88. The third kappa shape index (κ3) is 3.73. The van der Waals surface area contributed by atoms with E-state index >= 15 is 0 Å². The molecule has 0 radical (unpaired) electrons. The highest BCUT2D eigenvalue weighted by Crippen LogP contribution is 2.16. The molecule has 1 aromatic heterocycles. The van der Waals surface area contributed by atoms with E-state index in [1.807, 2.05) is 0 Å². The number of hydrogen-bond donors (Lipinski definition) is 0. The predicted octanol–water partition coefficient (Wildman–Crippen LogP) is 2.59. The SMILES string of the molecule is C[Si](Cl)(Cl)Cn1cc(Cl)ccc1=O. The van der Waals surface area contributed by atoms with Gasteiger partial charge in [0.25, 0.3) is 6.69 Å². The average molecular weight is 257 g/mol. The monoisotopic (exact) mass is 255 g/mol. The Morgan fingerprint density at radius 2 is 2.08 bits per heavy atom. The number of rotatable bonds is 2. The van der Waals surface area contributed by atoms with Crippen LogP contribution in [0.25, 0.3) is 0 Å². The van der Waals surface area contributed by atoms with Crippen LogP contribution in [0.4, 0.5) is 0 Å². The molecule has 0 aromatic carbocycles. The summed E-state index contributed by atoms with van der Waals surface area (Å²) in [5, 5.41) is 0.506. The zero-order valence-corrected chi connectivity index (χ0v) is 10.2. The molecule has 2 nitrogen and oxygen atoms in total. The van der Waals surface area contributed by atoms with Crippen molar-refractivity contribution in [1.29, 1.82) is 0 Å². The van der Waals surface area contributed by atoms with E-state index < -0.39 is 6.69 Å². The Labute approximate surface area is 91.5 Å². The van der Waals surface area contributed by atoms with Gasteiger partial charge >= 0.3 is 0 Å². The lowest BCUT2D eigenvalue weighted by molar-refractivity contribution is 0.819. The normalized spacial score (nSPS) is 11.7. The van der Waals surface area contributed by atoms with Gasteiger partial charge in [0.15, 0.2) is 0 Å². The van der Waals surface area contributed by atoms with E-state index in [-0.39, 0.29) is 5.56 Å². The molecule has 0 saturated heterocycles. The van der Waals surface area contributed by atoms with Crippen LogP contribution in [0.1, 0.15) is 0 Å². The highest BCUT2D eigenvalue weighted by Gasteiger charge is 2.21. The molecular weight excluding hydrogens is 249 g/mol. The van der Waals surface area contributed by atoms with Crippen LogP contribution >= 0.6 is 33.8 Å². The molecule has 0 aliphatic carbocycles. The van der Waals surface area contributed by atoms with Crippen LogP contribution in [-0.4, -0.2) is 11.3 Å². The van der Waals surface area contributed by atoms with Crippen LogP contribution in [0.2, 0.25) is 11.6 Å². The summed E-state index contributed by atoms with van der Waals surface area (Å²) < 4.78 is 1.44. The van der Waals surface area contributed by atoms with Crippen LogP contribution in [0, 0.1) is 0 Å². The minimum absolute atomic E-state index is 0.135. The van der Waals surface area contributed by atoms with E-state index in [0.29, 0.717) is 11.2 Å². The summed E-state index contributed by atoms with van der Waals surface area (Å²) >= 11 is 17.5. The van der Waals surface area contributed by atoms with E-state index in [0.717, 1.165) is 0 Å². The first-order valence-corrected chi connectivity index (χ1v) is 8.73. The fourth-order valence-electron chi connectivity index (χ4n) is 0.925. The minimum Gasteiger partial charge on any atom is -0.314 e. The number of halogens is 3. The smallest absolute Gasteiger partial charge is 0.267 e. The van der Waals surface area contributed by atoms with Gasteiger partial charge in [-0.1, -0.05) is 11.6 Å². The third-order valence-electron chi connectivity index (χ3n) is 1.40. The van der Waals surface area contributed by atoms with Crippen molar-refractivity contribution in [2.24, 2.45) is 0 Å². The highest BCUT2D eigenvalue weighted by molar-refractivity contribution is 7.44. The molecule has 72 valence electrons. The largest absolute Gasteiger partial charge is 0.314 e. The van der Waals surface area contributed by atoms with Crippen LogP contribution in [0.5, 0.6) is 0 Å². The second-order valence-corrected chi connectivity index (χ2v) is 11.4. The molecule has 6 heteroatoms. The van der Waals surface area contributed by atoms with Gasteiger partial charge in [0, 0.05) is 18.4 Å². The van der Waals surface area contributed by atoms with Crippen molar-refractivity contribution < 1.29 is 0 Å². The Morgan fingerprint density at radius 3 is 2.62 bits per heavy atom. The Morgan fingerprint density at radius 1 is 1.46 bits per heavy atom. The van der Waals surface area contributed by atoms with E-state index in [4.69, 9.17) is 33.8 Å². The van der Waals surface area contributed by atoms with Crippen LogP contribution in [0.3, 0.4) is 0 Å². The second kappa shape index (κ2) is 4.05. The molecule has 1 heterocycles. The summed E-state index contributed by atoms with van der Waals surface area (Å²) in [6, 6.07) is 2.94. The molecular formula is C7H8Cl3NOSi. The molecule has 0 spiro atoms. The highest BCUT2D eigenvalue weighted by atomic mass is 35.7. The fourth-order valence-corrected chi connectivity index (χ4v) is 2.72. The Hall–Kier alpha value is 0.0369. The number of aromatic nitrogens is 1. The minimum atomic E-state index is -2.30. The van der Waals surface area contributed by atoms with Gasteiger partial charge in [-0.2, -0.15) is 0 Å². The molecule has 0 saturated carbocycles. The van der Waals surface area contributed by atoms with Crippen LogP contribution in [0.15, 0.2) is 23.1 Å². The molecule has 0 bridgehead atoms. The lowest BCUT2D eigenvalue weighted by Gasteiger charge is -2.12. The van der Waals surface area contributed by atoms with Crippen molar-refractivity contribution in [2.75, 3.05) is 0 Å². The maximum Gasteiger partial charge on any atom is 0.267 e. The van der Waals surface area contributed by atoms with Gasteiger partial charge in [0.05, 0.1) is 5.02 Å². The van der Waals surface area contributed by atoms with Gasteiger partial charge < -0.3 is 4.57 Å². The van der Waals surface area contributed by atoms with Crippen molar-refractivity contribution in [3.05, 3.63) is 33.7 Å². The van der Waals surface area contributed by atoms with Gasteiger partial charge in [-0.05, 0) is 12.6 Å².